The van der Waals surface area contributed by atoms with Crippen LogP contribution in [-0.2, 0) is 23.6 Å². The molecule has 0 atom stereocenters. The Morgan fingerprint density at radius 2 is 1.71 bits per heavy atom. The van der Waals surface area contributed by atoms with Crippen LogP contribution >= 0.6 is 0 Å². The largest absolute Gasteiger partial charge is 0.479 e. The normalized spacial score (nSPS) is 11.6. The number of halogens is 2. The first-order valence-electron chi connectivity index (χ1n) is 11.6. The number of fused-ring (bicyclic) bond motifs is 1. The number of nitrogens with one attached hydrogen (secondary N) is 1. The van der Waals surface area contributed by atoms with E-state index in [2.05, 4.69) is 9.71 Å². The van der Waals surface area contributed by atoms with Crippen LogP contribution in [0.25, 0.3) is 22.0 Å². The van der Waals surface area contributed by atoms with Crippen LogP contribution in [0.2, 0.25) is 0 Å². The van der Waals surface area contributed by atoms with Crippen molar-refractivity contribution in [3.8, 4) is 28.5 Å². The molecule has 0 fully saturated rings. The van der Waals surface area contributed by atoms with Crippen molar-refractivity contribution in [2.24, 2.45) is 7.05 Å². The predicted octanol–water partition coefficient (Wildman–Crippen LogP) is 5.80. The number of rotatable bonds is 8. The second-order valence-corrected chi connectivity index (χ2v) is 10.3. The summed E-state index contributed by atoms with van der Waals surface area (Å²) in [6.07, 6.45) is 3.47. The third kappa shape index (κ3) is 4.96. The molecule has 7 nitrogen and oxygen atoms in total. The highest BCUT2D eigenvalue weighted by Gasteiger charge is 2.19. The first-order chi connectivity index (χ1) is 18.3. The molecule has 0 amide bonds. The van der Waals surface area contributed by atoms with Crippen molar-refractivity contribution in [1.82, 2.24) is 14.3 Å². The number of methoxy groups -OCH3 is 1. The van der Waals surface area contributed by atoms with E-state index in [0.717, 1.165) is 28.6 Å². The minimum atomic E-state index is -3.74. The summed E-state index contributed by atoms with van der Waals surface area (Å²) in [4.78, 5) is 4.42. The Morgan fingerprint density at radius 3 is 2.45 bits per heavy atom. The molecule has 0 aliphatic carbocycles. The number of hydrogen-bond donors (Lipinski definition) is 1. The summed E-state index contributed by atoms with van der Waals surface area (Å²) in [6.45, 7) is 0.00502. The topological polar surface area (TPSA) is 82.4 Å². The minimum absolute atomic E-state index is 0.00502. The summed E-state index contributed by atoms with van der Waals surface area (Å²) in [6, 6.07) is 18.0. The zero-order chi connectivity index (χ0) is 26.9. The molecular weight excluding hydrogens is 512 g/mol. The van der Waals surface area contributed by atoms with E-state index in [9.17, 15) is 17.2 Å². The number of nitrogens with zero attached hydrogens (tertiary/aromatic N) is 2. The van der Waals surface area contributed by atoms with Crippen LogP contribution in [0.1, 0.15) is 5.56 Å². The summed E-state index contributed by atoms with van der Waals surface area (Å²) in [7, 11) is -0.370. The molecule has 2 heterocycles. The lowest BCUT2D eigenvalue weighted by Crippen LogP contribution is -2.23. The monoisotopic (exact) mass is 535 g/mol. The Morgan fingerprint density at radius 1 is 0.947 bits per heavy atom. The van der Waals surface area contributed by atoms with Crippen molar-refractivity contribution < 1.29 is 26.7 Å². The summed E-state index contributed by atoms with van der Waals surface area (Å²) in [5.74, 6) is -0.989. The number of benzene rings is 3. The fraction of sp³-hybridized carbons (Fsp3) is 0.107. The molecule has 38 heavy (non-hydrogen) atoms. The first-order valence-corrected chi connectivity index (χ1v) is 13.0. The number of ether oxygens (including phenoxy) is 2. The minimum Gasteiger partial charge on any atom is -0.479 e. The average Bonchev–Trinajstić information content (AvgIpc) is 3.26. The van der Waals surface area contributed by atoms with E-state index in [-0.39, 0.29) is 17.2 Å². The fourth-order valence-electron chi connectivity index (χ4n) is 4.21. The Hall–Kier alpha value is -4.28. The summed E-state index contributed by atoms with van der Waals surface area (Å²) < 4.78 is 69.2. The lowest BCUT2D eigenvalue weighted by atomic mass is 10.0. The Bertz CT molecular complexity index is 1740. The van der Waals surface area contributed by atoms with Crippen molar-refractivity contribution in [2.75, 3.05) is 7.11 Å². The molecule has 0 bridgehead atoms. The summed E-state index contributed by atoms with van der Waals surface area (Å²) in [5, 5.41) is 0.797. The SMILES string of the molecule is COc1nccc2c(-c3cc(CNS(=O)(=O)c4ccccc4)ccc3Oc3ccc(F)cc3F)cn(C)c12. The highest BCUT2D eigenvalue weighted by atomic mass is 32.2. The van der Waals surface area contributed by atoms with Gasteiger partial charge in [-0.25, -0.2) is 26.9 Å². The zero-order valence-corrected chi connectivity index (χ0v) is 21.3. The van der Waals surface area contributed by atoms with Gasteiger partial charge in [-0.15, -0.1) is 0 Å². The van der Waals surface area contributed by atoms with Gasteiger partial charge in [-0.3, -0.25) is 0 Å². The maximum atomic E-state index is 14.4. The van der Waals surface area contributed by atoms with Crippen LogP contribution < -0.4 is 14.2 Å². The number of pyridine rings is 1. The maximum Gasteiger partial charge on any atom is 0.240 e. The number of sulfonamides is 1. The van der Waals surface area contributed by atoms with Crippen LogP contribution in [0.5, 0.6) is 17.4 Å². The van der Waals surface area contributed by atoms with Gasteiger partial charge in [0.15, 0.2) is 11.6 Å². The van der Waals surface area contributed by atoms with Crippen LogP contribution in [0.3, 0.4) is 0 Å². The standard InChI is InChI=1S/C28H23F2N3O4S/c1-33-17-23(21-12-13-31-28(36-2)27(21)33)22-14-18(16-32-38(34,35)20-6-4-3-5-7-20)8-10-25(22)37-26-11-9-19(29)15-24(26)30/h3-15,17,32H,16H2,1-2H3. The second-order valence-electron chi connectivity index (χ2n) is 8.51. The number of aryl methyl sites for hydroxylation is 1. The fourth-order valence-corrected chi connectivity index (χ4v) is 5.25. The molecule has 194 valence electrons. The highest BCUT2D eigenvalue weighted by molar-refractivity contribution is 7.89. The molecule has 1 N–H and O–H groups in total. The molecule has 0 spiro atoms. The van der Waals surface area contributed by atoms with E-state index in [1.54, 1.807) is 42.6 Å². The molecule has 0 saturated carbocycles. The molecular formula is C28H23F2N3O4S. The van der Waals surface area contributed by atoms with Crippen molar-refractivity contribution in [3.05, 3.63) is 102 Å². The van der Waals surface area contributed by atoms with E-state index >= 15 is 0 Å². The quantitative estimate of drug-likeness (QED) is 0.272. The Labute approximate surface area is 218 Å². The van der Waals surface area contributed by atoms with Crippen LogP contribution in [0.15, 0.2) is 90.1 Å². The average molecular weight is 536 g/mol. The van der Waals surface area contributed by atoms with Crippen molar-refractivity contribution in [1.29, 1.82) is 0 Å². The smallest absolute Gasteiger partial charge is 0.240 e. The van der Waals surface area contributed by atoms with Gasteiger partial charge < -0.3 is 14.0 Å². The van der Waals surface area contributed by atoms with Crippen LogP contribution in [-0.4, -0.2) is 25.1 Å². The number of hydrogen-bond acceptors (Lipinski definition) is 5. The lowest BCUT2D eigenvalue weighted by molar-refractivity contribution is 0.401. The van der Waals surface area contributed by atoms with E-state index < -0.39 is 21.7 Å². The van der Waals surface area contributed by atoms with Gasteiger partial charge in [0.1, 0.15) is 17.1 Å². The van der Waals surface area contributed by atoms with Gasteiger partial charge in [0, 0.05) is 48.6 Å². The summed E-state index contributed by atoms with van der Waals surface area (Å²) >= 11 is 0. The molecule has 0 aliphatic rings. The van der Waals surface area contributed by atoms with E-state index in [0.29, 0.717) is 22.8 Å². The highest BCUT2D eigenvalue weighted by Crippen LogP contribution is 2.40. The van der Waals surface area contributed by atoms with Crippen molar-refractivity contribution >= 4 is 20.9 Å². The Kier molecular flexibility index (Phi) is 6.83. The van der Waals surface area contributed by atoms with Gasteiger partial charge in [-0.2, -0.15) is 0 Å². The molecule has 3 aromatic carbocycles. The molecule has 0 saturated heterocycles. The third-order valence-corrected chi connectivity index (χ3v) is 7.43. The second kappa shape index (κ2) is 10.2. The van der Waals surface area contributed by atoms with Gasteiger partial charge in [-0.1, -0.05) is 24.3 Å². The van der Waals surface area contributed by atoms with Crippen molar-refractivity contribution in [2.45, 2.75) is 11.4 Å². The molecule has 5 aromatic rings. The molecule has 5 rings (SSSR count). The lowest BCUT2D eigenvalue weighted by Gasteiger charge is -2.14. The first kappa shape index (κ1) is 25.4. The van der Waals surface area contributed by atoms with Crippen LogP contribution in [0.4, 0.5) is 8.78 Å². The Balaban J connectivity index is 1.59. The third-order valence-electron chi connectivity index (χ3n) is 6.02. The van der Waals surface area contributed by atoms with E-state index in [4.69, 9.17) is 9.47 Å². The zero-order valence-electron chi connectivity index (χ0n) is 20.5. The molecule has 0 unspecified atom stereocenters. The van der Waals surface area contributed by atoms with Gasteiger partial charge in [0.05, 0.1) is 12.0 Å². The summed E-state index contributed by atoms with van der Waals surface area (Å²) in [5.41, 5.74) is 2.68. The number of aromatic nitrogens is 2. The van der Waals surface area contributed by atoms with E-state index in [1.165, 1.54) is 25.3 Å². The van der Waals surface area contributed by atoms with Crippen LogP contribution in [0, 0.1) is 11.6 Å². The van der Waals surface area contributed by atoms with Gasteiger partial charge >= 0.3 is 0 Å². The molecule has 2 aromatic heterocycles. The van der Waals surface area contributed by atoms with E-state index in [1.807, 2.05) is 23.9 Å². The molecule has 0 aliphatic heterocycles. The van der Waals surface area contributed by atoms with Gasteiger partial charge in [0.2, 0.25) is 15.9 Å². The van der Waals surface area contributed by atoms with Gasteiger partial charge in [0.25, 0.3) is 0 Å². The maximum absolute atomic E-state index is 14.4. The van der Waals surface area contributed by atoms with Gasteiger partial charge in [-0.05, 0) is 48.0 Å². The van der Waals surface area contributed by atoms with Crippen molar-refractivity contribution in [3.63, 3.8) is 0 Å². The molecule has 0 radical (unpaired) electrons. The predicted molar refractivity (Wildman–Crippen MR) is 140 cm³/mol. The molecule has 10 heteroatoms.